The Hall–Kier alpha value is -1.77. The molecule has 2 rings (SSSR count). The zero-order valence-electron chi connectivity index (χ0n) is 13.1. The van der Waals surface area contributed by atoms with Gasteiger partial charge in [0.15, 0.2) is 0 Å². The maximum Gasteiger partial charge on any atom is 0.253 e. The van der Waals surface area contributed by atoms with Crippen molar-refractivity contribution in [2.24, 2.45) is 5.92 Å². The quantitative estimate of drug-likeness (QED) is 0.803. The maximum atomic E-state index is 12.4. The molecule has 1 aliphatic rings. The Morgan fingerprint density at radius 1 is 1.29 bits per heavy atom. The molecular weight excluding hydrogens is 260 g/mol. The number of carbonyl (C=O) groups excluding carboxylic acids is 1. The molecule has 3 heteroatoms. The van der Waals surface area contributed by atoms with Gasteiger partial charge in [0, 0.05) is 30.9 Å². The molecule has 0 aromatic heterocycles. The summed E-state index contributed by atoms with van der Waals surface area (Å²) < 4.78 is 0. The molecule has 21 heavy (non-hydrogen) atoms. The number of anilines is 1. The largest absolute Gasteiger partial charge is 0.385 e. The minimum Gasteiger partial charge on any atom is -0.385 e. The molecule has 0 saturated carbocycles. The summed E-state index contributed by atoms with van der Waals surface area (Å²) in [5.74, 6) is 0.821. The van der Waals surface area contributed by atoms with E-state index in [0.29, 0.717) is 5.92 Å². The number of carbonyl (C=O) groups is 1. The van der Waals surface area contributed by atoms with E-state index in [-0.39, 0.29) is 5.91 Å². The third-order valence-corrected chi connectivity index (χ3v) is 4.13. The fourth-order valence-electron chi connectivity index (χ4n) is 2.76. The van der Waals surface area contributed by atoms with Crippen molar-refractivity contribution in [3.05, 3.63) is 42.0 Å². The summed E-state index contributed by atoms with van der Waals surface area (Å²) in [5, 5.41) is 3.48. The van der Waals surface area contributed by atoms with E-state index in [2.05, 4.69) is 17.5 Å². The van der Waals surface area contributed by atoms with Gasteiger partial charge in [0.25, 0.3) is 5.91 Å². The van der Waals surface area contributed by atoms with Gasteiger partial charge in [0.05, 0.1) is 0 Å². The molecule has 1 N–H and O–H groups in total. The number of nitrogens with one attached hydrogen (secondary N) is 1. The molecule has 0 heterocycles. The second kappa shape index (κ2) is 7.87. The van der Waals surface area contributed by atoms with E-state index in [1.165, 1.54) is 12.8 Å². The average Bonchev–Trinajstić information content (AvgIpc) is 2.55. The molecule has 0 fully saturated rings. The molecule has 1 unspecified atom stereocenters. The van der Waals surface area contributed by atoms with Crippen molar-refractivity contribution in [1.82, 2.24) is 4.90 Å². The fourth-order valence-corrected chi connectivity index (χ4v) is 2.76. The van der Waals surface area contributed by atoms with Crippen LogP contribution in [0.3, 0.4) is 0 Å². The molecular formula is C18H26N2O. The Labute approximate surface area is 128 Å². The van der Waals surface area contributed by atoms with E-state index in [1.54, 1.807) is 0 Å². The Kier molecular flexibility index (Phi) is 5.85. The van der Waals surface area contributed by atoms with Crippen molar-refractivity contribution < 1.29 is 4.79 Å². The van der Waals surface area contributed by atoms with Gasteiger partial charge < -0.3 is 10.2 Å². The zero-order valence-corrected chi connectivity index (χ0v) is 13.1. The summed E-state index contributed by atoms with van der Waals surface area (Å²) in [6.45, 7) is 6.51. The molecule has 1 aromatic rings. The molecule has 1 aliphatic carbocycles. The minimum absolute atomic E-state index is 0.115. The number of benzene rings is 1. The average molecular weight is 286 g/mol. The highest BCUT2D eigenvalue weighted by Gasteiger charge is 2.13. The summed E-state index contributed by atoms with van der Waals surface area (Å²) >= 11 is 0. The third-order valence-electron chi connectivity index (χ3n) is 4.13. The van der Waals surface area contributed by atoms with Gasteiger partial charge in [-0.3, -0.25) is 4.79 Å². The Morgan fingerprint density at radius 2 is 2.10 bits per heavy atom. The van der Waals surface area contributed by atoms with E-state index >= 15 is 0 Å². The van der Waals surface area contributed by atoms with E-state index < -0.39 is 0 Å². The second-order valence-corrected chi connectivity index (χ2v) is 5.59. The number of allylic oxidation sites excluding steroid dienone is 2. The second-order valence-electron chi connectivity index (χ2n) is 5.59. The predicted octanol–water partition coefficient (Wildman–Crippen LogP) is 3.94. The van der Waals surface area contributed by atoms with Crippen molar-refractivity contribution in [2.45, 2.75) is 33.1 Å². The van der Waals surface area contributed by atoms with Gasteiger partial charge in [-0.05, 0) is 57.2 Å². The van der Waals surface area contributed by atoms with Crippen LogP contribution >= 0.6 is 0 Å². The number of hydrogen-bond acceptors (Lipinski definition) is 2. The lowest BCUT2D eigenvalue weighted by atomic mass is 9.94. The summed E-state index contributed by atoms with van der Waals surface area (Å²) in [4.78, 5) is 14.2. The topological polar surface area (TPSA) is 32.3 Å². The molecule has 1 atom stereocenters. The molecule has 114 valence electrons. The van der Waals surface area contributed by atoms with Gasteiger partial charge in [-0.15, -0.1) is 0 Å². The standard InChI is InChI=1S/C18H26N2O/c1-3-20(4-2)18(21)16-11-8-12-17(13-16)19-14-15-9-6-5-7-10-15/h5-6,8,11-13,15,19H,3-4,7,9-10,14H2,1-2H3. The Bertz CT molecular complexity index is 492. The SMILES string of the molecule is CCN(CC)C(=O)c1cccc(NCC2CC=CCC2)c1. The monoisotopic (exact) mass is 286 g/mol. The first-order valence-electron chi connectivity index (χ1n) is 8.02. The first-order chi connectivity index (χ1) is 10.2. The number of amides is 1. The van der Waals surface area contributed by atoms with Crippen molar-refractivity contribution >= 4 is 11.6 Å². The summed E-state index contributed by atoms with van der Waals surface area (Å²) in [7, 11) is 0. The zero-order chi connectivity index (χ0) is 15.1. The van der Waals surface area contributed by atoms with E-state index in [1.807, 2.05) is 43.0 Å². The highest BCUT2D eigenvalue weighted by Crippen LogP contribution is 2.19. The highest BCUT2D eigenvalue weighted by molar-refractivity contribution is 5.95. The van der Waals surface area contributed by atoms with E-state index in [0.717, 1.165) is 37.3 Å². The molecule has 3 nitrogen and oxygen atoms in total. The minimum atomic E-state index is 0.115. The lowest BCUT2D eigenvalue weighted by molar-refractivity contribution is 0.0773. The van der Waals surface area contributed by atoms with Crippen molar-refractivity contribution in [3.8, 4) is 0 Å². The van der Waals surface area contributed by atoms with Crippen LogP contribution in [0.2, 0.25) is 0 Å². The van der Waals surface area contributed by atoms with Crippen LogP contribution in [0.15, 0.2) is 36.4 Å². The molecule has 0 saturated heterocycles. The van der Waals surface area contributed by atoms with Crippen LogP contribution in [0.25, 0.3) is 0 Å². The smallest absolute Gasteiger partial charge is 0.253 e. The van der Waals surface area contributed by atoms with Gasteiger partial charge in [0.1, 0.15) is 0 Å². The van der Waals surface area contributed by atoms with Crippen molar-refractivity contribution in [2.75, 3.05) is 25.0 Å². The summed E-state index contributed by atoms with van der Waals surface area (Å²) in [6.07, 6.45) is 8.13. The molecule has 1 aromatic carbocycles. The van der Waals surface area contributed by atoms with E-state index in [4.69, 9.17) is 0 Å². The highest BCUT2D eigenvalue weighted by atomic mass is 16.2. The first-order valence-corrected chi connectivity index (χ1v) is 8.02. The van der Waals surface area contributed by atoms with Crippen LogP contribution in [-0.4, -0.2) is 30.4 Å². The normalized spacial score (nSPS) is 17.5. The van der Waals surface area contributed by atoms with Crippen molar-refractivity contribution in [3.63, 3.8) is 0 Å². The molecule has 0 bridgehead atoms. The van der Waals surface area contributed by atoms with Crippen LogP contribution in [0.5, 0.6) is 0 Å². The molecule has 0 spiro atoms. The van der Waals surface area contributed by atoms with Gasteiger partial charge in [-0.25, -0.2) is 0 Å². The van der Waals surface area contributed by atoms with Gasteiger partial charge >= 0.3 is 0 Å². The number of nitrogens with zero attached hydrogens (tertiary/aromatic N) is 1. The lowest BCUT2D eigenvalue weighted by Crippen LogP contribution is -2.30. The van der Waals surface area contributed by atoms with Gasteiger partial charge in [0.2, 0.25) is 0 Å². The van der Waals surface area contributed by atoms with Gasteiger partial charge in [-0.2, -0.15) is 0 Å². The van der Waals surface area contributed by atoms with Crippen LogP contribution in [-0.2, 0) is 0 Å². The third kappa shape index (κ3) is 4.35. The molecule has 0 radical (unpaired) electrons. The lowest BCUT2D eigenvalue weighted by Gasteiger charge is -2.20. The summed E-state index contributed by atoms with van der Waals surface area (Å²) in [5.41, 5.74) is 1.81. The Balaban J connectivity index is 1.97. The Morgan fingerprint density at radius 3 is 2.76 bits per heavy atom. The predicted molar refractivity (Wildman–Crippen MR) is 88.7 cm³/mol. The van der Waals surface area contributed by atoms with Gasteiger partial charge in [-0.1, -0.05) is 18.2 Å². The van der Waals surface area contributed by atoms with E-state index in [9.17, 15) is 4.79 Å². The number of hydrogen-bond donors (Lipinski definition) is 1. The molecule has 0 aliphatic heterocycles. The van der Waals surface area contributed by atoms with Crippen molar-refractivity contribution in [1.29, 1.82) is 0 Å². The number of rotatable bonds is 6. The van der Waals surface area contributed by atoms with Crippen LogP contribution in [0.1, 0.15) is 43.5 Å². The maximum absolute atomic E-state index is 12.4. The fraction of sp³-hybridized carbons (Fsp3) is 0.500. The summed E-state index contributed by atoms with van der Waals surface area (Å²) in [6, 6.07) is 7.87. The van der Waals surface area contributed by atoms with Crippen LogP contribution in [0, 0.1) is 5.92 Å². The first kappa shape index (κ1) is 15.6. The van der Waals surface area contributed by atoms with Crippen LogP contribution < -0.4 is 5.32 Å². The molecule has 1 amide bonds. The van der Waals surface area contributed by atoms with Crippen LogP contribution in [0.4, 0.5) is 5.69 Å².